The summed E-state index contributed by atoms with van der Waals surface area (Å²) in [6, 6.07) is 5.71. The van der Waals surface area contributed by atoms with Crippen molar-refractivity contribution < 1.29 is 17.9 Å². The maximum atomic E-state index is 13.8. The topological polar surface area (TPSA) is 59.0 Å². The Bertz CT molecular complexity index is 709. The van der Waals surface area contributed by atoms with Gasteiger partial charge in [0.2, 0.25) is 0 Å². The summed E-state index contributed by atoms with van der Waals surface area (Å²) in [5.41, 5.74) is 6.17. The lowest BCUT2D eigenvalue weighted by atomic mass is 9.98. The van der Waals surface area contributed by atoms with Crippen LogP contribution in [-0.2, 0) is 6.42 Å². The predicted molar refractivity (Wildman–Crippen MR) is 80.4 cm³/mol. The molecular formula is C16H17F3N2O. The second-order valence-electron chi connectivity index (χ2n) is 4.18. The number of fused-ring (bicyclic) bond motifs is 1. The van der Waals surface area contributed by atoms with Gasteiger partial charge in [-0.15, -0.1) is 0 Å². The van der Waals surface area contributed by atoms with E-state index in [-0.39, 0.29) is 0 Å². The van der Waals surface area contributed by atoms with Gasteiger partial charge in [0.15, 0.2) is 5.75 Å². The Hall–Kier alpha value is -2.42. The zero-order chi connectivity index (χ0) is 16.9. The summed E-state index contributed by atoms with van der Waals surface area (Å²) >= 11 is 0. The number of hydrogen-bond donors (Lipinski definition) is 1. The van der Waals surface area contributed by atoms with Crippen LogP contribution in [0.15, 0.2) is 18.2 Å². The van der Waals surface area contributed by atoms with Gasteiger partial charge in [-0.05, 0) is 35.6 Å². The van der Waals surface area contributed by atoms with E-state index in [1.165, 1.54) is 6.07 Å². The van der Waals surface area contributed by atoms with Crippen molar-refractivity contribution in [3.05, 3.63) is 35.1 Å². The Kier molecular flexibility index (Phi) is 6.05. The molecule has 0 aliphatic carbocycles. The maximum absolute atomic E-state index is 13.8. The fourth-order valence-corrected chi connectivity index (χ4v) is 2.18. The summed E-state index contributed by atoms with van der Waals surface area (Å²) < 4.78 is 43.3. The fraction of sp³-hybridized carbons (Fsp3) is 0.312. The Morgan fingerprint density at radius 1 is 1.27 bits per heavy atom. The number of alkyl halides is 2. The van der Waals surface area contributed by atoms with E-state index in [1.54, 1.807) is 19.1 Å². The van der Waals surface area contributed by atoms with Crippen LogP contribution in [0.25, 0.3) is 10.8 Å². The minimum atomic E-state index is -3.14. The average Bonchev–Trinajstić information content (AvgIpc) is 2.47. The van der Waals surface area contributed by atoms with Crippen molar-refractivity contribution in [1.82, 2.24) is 0 Å². The van der Waals surface area contributed by atoms with Crippen LogP contribution in [-0.4, -0.2) is 6.61 Å². The number of benzene rings is 2. The van der Waals surface area contributed by atoms with Gasteiger partial charge >= 0.3 is 6.61 Å². The number of ether oxygens (including phenoxy) is 1. The molecule has 0 radical (unpaired) electrons. The molecule has 22 heavy (non-hydrogen) atoms. The first kappa shape index (κ1) is 17.6. The standard InChI is InChI=1S/C14H11F3N2O.C2H6/c1-2-7-3-9(19)4-8-5-11(15)10(6-18)13(12(7)8)20-14(16)17;1-2/h3-5,14H,2,19H2,1H3;1-2H3. The third-order valence-electron chi connectivity index (χ3n) is 2.95. The molecule has 3 nitrogen and oxygen atoms in total. The van der Waals surface area contributed by atoms with Gasteiger partial charge in [-0.3, -0.25) is 0 Å². The van der Waals surface area contributed by atoms with Crippen LogP contribution in [0.4, 0.5) is 18.9 Å². The van der Waals surface area contributed by atoms with E-state index < -0.39 is 23.7 Å². The van der Waals surface area contributed by atoms with Gasteiger partial charge < -0.3 is 10.5 Å². The van der Waals surface area contributed by atoms with Crippen molar-refractivity contribution in [2.45, 2.75) is 33.8 Å². The zero-order valence-electron chi connectivity index (χ0n) is 12.6. The van der Waals surface area contributed by atoms with Crippen LogP contribution in [0, 0.1) is 17.1 Å². The van der Waals surface area contributed by atoms with E-state index >= 15 is 0 Å². The molecule has 6 heteroatoms. The lowest BCUT2D eigenvalue weighted by Gasteiger charge is -2.14. The van der Waals surface area contributed by atoms with Crippen molar-refractivity contribution in [3.63, 3.8) is 0 Å². The number of aryl methyl sites for hydroxylation is 1. The largest absolute Gasteiger partial charge is 0.433 e. The number of nitrogens with two attached hydrogens (primary N) is 1. The molecule has 0 spiro atoms. The molecule has 0 aliphatic rings. The van der Waals surface area contributed by atoms with Gasteiger partial charge in [-0.25, -0.2) is 4.39 Å². The van der Waals surface area contributed by atoms with E-state index in [4.69, 9.17) is 11.0 Å². The third-order valence-corrected chi connectivity index (χ3v) is 2.95. The monoisotopic (exact) mass is 310 g/mol. The highest BCUT2D eigenvalue weighted by molar-refractivity contribution is 5.95. The summed E-state index contributed by atoms with van der Waals surface area (Å²) in [5.74, 6) is -1.35. The summed E-state index contributed by atoms with van der Waals surface area (Å²) in [5, 5.41) is 9.57. The first-order chi connectivity index (χ1) is 10.5. The molecular weight excluding hydrogens is 293 g/mol. The minimum absolute atomic E-state index is 0.292. The smallest absolute Gasteiger partial charge is 0.387 e. The minimum Gasteiger partial charge on any atom is -0.433 e. The van der Waals surface area contributed by atoms with E-state index in [0.29, 0.717) is 28.4 Å². The van der Waals surface area contributed by atoms with Crippen LogP contribution in [0.5, 0.6) is 5.75 Å². The lowest BCUT2D eigenvalue weighted by molar-refractivity contribution is -0.0491. The molecule has 118 valence electrons. The highest BCUT2D eigenvalue weighted by Crippen LogP contribution is 2.36. The second-order valence-corrected chi connectivity index (χ2v) is 4.18. The van der Waals surface area contributed by atoms with Gasteiger partial charge in [0, 0.05) is 11.1 Å². The molecule has 0 amide bonds. The van der Waals surface area contributed by atoms with Crippen LogP contribution in [0.2, 0.25) is 0 Å². The number of halogens is 3. The Labute approximate surface area is 127 Å². The zero-order valence-corrected chi connectivity index (χ0v) is 12.6. The number of nitriles is 1. The normalized spacial score (nSPS) is 10.1. The van der Waals surface area contributed by atoms with Crippen molar-refractivity contribution in [1.29, 1.82) is 5.26 Å². The van der Waals surface area contributed by atoms with Crippen molar-refractivity contribution in [2.75, 3.05) is 5.73 Å². The second kappa shape index (κ2) is 7.55. The van der Waals surface area contributed by atoms with Crippen LogP contribution in [0.3, 0.4) is 0 Å². The van der Waals surface area contributed by atoms with E-state index in [9.17, 15) is 13.2 Å². The molecule has 2 rings (SSSR count). The third kappa shape index (κ3) is 3.42. The number of anilines is 1. The number of hydrogen-bond acceptors (Lipinski definition) is 3. The Balaban J connectivity index is 0.00000116. The van der Waals surface area contributed by atoms with Gasteiger partial charge in [0.05, 0.1) is 0 Å². The molecule has 0 bridgehead atoms. The molecule has 0 heterocycles. The fourth-order valence-electron chi connectivity index (χ4n) is 2.18. The highest BCUT2D eigenvalue weighted by Gasteiger charge is 2.20. The number of nitrogens with zero attached hydrogens (tertiary/aromatic N) is 1. The van der Waals surface area contributed by atoms with Crippen molar-refractivity contribution in [2.24, 2.45) is 0 Å². The van der Waals surface area contributed by atoms with Crippen LogP contribution >= 0.6 is 0 Å². The molecule has 0 fully saturated rings. The molecule has 0 saturated heterocycles. The maximum Gasteiger partial charge on any atom is 0.387 e. The van der Waals surface area contributed by atoms with Gasteiger partial charge in [0.25, 0.3) is 0 Å². The first-order valence-electron chi connectivity index (χ1n) is 6.87. The van der Waals surface area contributed by atoms with Gasteiger partial charge in [0.1, 0.15) is 17.4 Å². The quantitative estimate of drug-likeness (QED) is 0.841. The Morgan fingerprint density at radius 2 is 1.91 bits per heavy atom. The van der Waals surface area contributed by atoms with E-state index in [1.807, 2.05) is 13.8 Å². The van der Waals surface area contributed by atoms with Crippen LogP contribution < -0.4 is 10.5 Å². The van der Waals surface area contributed by atoms with E-state index in [0.717, 1.165) is 6.07 Å². The Morgan fingerprint density at radius 3 is 2.41 bits per heavy atom. The van der Waals surface area contributed by atoms with E-state index in [2.05, 4.69) is 4.74 Å². The summed E-state index contributed by atoms with van der Waals surface area (Å²) in [4.78, 5) is 0. The highest BCUT2D eigenvalue weighted by atomic mass is 19.3. The predicted octanol–water partition coefficient (Wildman–Crippen LogP) is 4.62. The molecule has 0 aliphatic heterocycles. The van der Waals surface area contributed by atoms with Gasteiger partial charge in [-0.1, -0.05) is 20.8 Å². The summed E-state index contributed by atoms with van der Waals surface area (Å²) in [6.07, 6.45) is 0.484. The van der Waals surface area contributed by atoms with Crippen LogP contribution in [0.1, 0.15) is 31.9 Å². The SMILES string of the molecule is CC.CCc1cc(N)cc2cc(F)c(C#N)c(OC(F)F)c12. The molecule has 0 unspecified atom stereocenters. The summed E-state index contributed by atoms with van der Waals surface area (Å²) in [6.45, 7) is 2.66. The molecule has 2 N–H and O–H groups in total. The van der Waals surface area contributed by atoms with Gasteiger partial charge in [-0.2, -0.15) is 14.0 Å². The number of nitrogen functional groups attached to an aromatic ring is 1. The van der Waals surface area contributed by atoms with Crippen molar-refractivity contribution >= 4 is 16.5 Å². The molecule has 2 aromatic carbocycles. The molecule has 0 atom stereocenters. The first-order valence-corrected chi connectivity index (χ1v) is 6.87. The molecule has 0 saturated carbocycles. The average molecular weight is 310 g/mol. The summed E-state index contributed by atoms with van der Waals surface area (Å²) in [7, 11) is 0. The lowest BCUT2D eigenvalue weighted by Crippen LogP contribution is -2.06. The van der Waals surface area contributed by atoms with Crippen molar-refractivity contribution in [3.8, 4) is 11.8 Å². The molecule has 2 aromatic rings. The molecule has 0 aromatic heterocycles. The number of rotatable bonds is 3.